The minimum absolute atomic E-state index is 0.0928. The van der Waals surface area contributed by atoms with Gasteiger partial charge in [0.2, 0.25) is 5.95 Å². The molecule has 10 heteroatoms. The number of ether oxygens (including phenoxy) is 1. The van der Waals surface area contributed by atoms with Gasteiger partial charge in [0.25, 0.3) is 5.56 Å². The molecule has 0 aliphatic rings. The van der Waals surface area contributed by atoms with Crippen molar-refractivity contribution in [3.8, 4) is 11.5 Å². The lowest BCUT2D eigenvalue weighted by Crippen LogP contribution is -2.27. The highest BCUT2D eigenvalue weighted by Crippen LogP contribution is 2.25. The van der Waals surface area contributed by atoms with E-state index in [1.54, 1.807) is 6.92 Å². The zero-order chi connectivity index (χ0) is 21.1. The lowest BCUT2D eigenvalue weighted by Gasteiger charge is -2.16. The summed E-state index contributed by atoms with van der Waals surface area (Å²) in [4.78, 5) is 21.3. The van der Waals surface area contributed by atoms with Gasteiger partial charge in [0.15, 0.2) is 17.3 Å². The van der Waals surface area contributed by atoms with Gasteiger partial charge in [-0.25, -0.2) is 13.8 Å². The van der Waals surface area contributed by atoms with Gasteiger partial charge in [0.1, 0.15) is 11.5 Å². The molecule has 1 aromatic carbocycles. The van der Waals surface area contributed by atoms with Crippen molar-refractivity contribution in [3.05, 3.63) is 52.5 Å². The molecule has 0 amide bonds. The molecule has 0 radical (unpaired) electrons. The van der Waals surface area contributed by atoms with Crippen molar-refractivity contribution < 1.29 is 23.7 Å². The third-order valence-electron chi connectivity index (χ3n) is 4.00. The Morgan fingerprint density at radius 3 is 2.66 bits per heavy atom. The van der Waals surface area contributed by atoms with Gasteiger partial charge in [-0.2, -0.15) is 4.98 Å². The van der Waals surface area contributed by atoms with E-state index in [9.17, 15) is 18.7 Å². The highest BCUT2D eigenvalue weighted by Gasteiger charge is 2.17. The number of rotatable bonds is 7. The van der Waals surface area contributed by atoms with Crippen LogP contribution in [0.15, 0.2) is 35.3 Å². The first-order valence-electron chi connectivity index (χ1n) is 8.87. The molecule has 154 valence electrons. The SMILES string of the molecule is C[C@H](O)Cn1c(=O)c(Oc2ccc(F)cc2F)cc2cnc(N[C@H](C)CO)nc21. The Morgan fingerprint density at radius 2 is 2.00 bits per heavy atom. The molecule has 3 aromatic rings. The summed E-state index contributed by atoms with van der Waals surface area (Å²) >= 11 is 0. The van der Waals surface area contributed by atoms with Crippen LogP contribution in [0.1, 0.15) is 13.8 Å². The molecule has 8 nitrogen and oxygen atoms in total. The Labute approximate surface area is 164 Å². The summed E-state index contributed by atoms with van der Waals surface area (Å²) in [5.41, 5.74) is -0.424. The smallest absolute Gasteiger partial charge is 0.295 e. The third kappa shape index (κ3) is 4.66. The van der Waals surface area contributed by atoms with Crippen LogP contribution in [0.2, 0.25) is 0 Å². The number of aliphatic hydroxyl groups excluding tert-OH is 2. The zero-order valence-electron chi connectivity index (χ0n) is 15.8. The molecule has 0 saturated heterocycles. The molecule has 0 unspecified atom stereocenters. The summed E-state index contributed by atoms with van der Waals surface area (Å²) < 4.78 is 33.6. The number of aliphatic hydroxyl groups is 2. The minimum atomic E-state index is -0.958. The van der Waals surface area contributed by atoms with E-state index in [4.69, 9.17) is 9.84 Å². The second kappa shape index (κ2) is 8.50. The number of benzene rings is 1. The maximum atomic E-state index is 13.9. The fraction of sp³-hybridized carbons (Fsp3) is 0.316. The Hall–Kier alpha value is -3.11. The maximum absolute atomic E-state index is 13.9. The van der Waals surface area contributed by atoms with Crippen molar-refractivity contribution in [3.63, 3.8) is 0 Å². The highest BCUT2D eigenvalue weighted by molar-refractivity contribution is 5.77. The first-order chi connectivity index (χ1) is 13.8. The maximum Gasteiger partial charge on any atom is 0.295 e. The van der Waals surface area contributed by atoms with Crippen LogP contribution < -0.4 is 15.6 Å². The molecule has 0 aliphatic carbocycles. The van der Waals surface area contributed by atoms with Crippen LogP contribution in [0.3, 0.4) is 0 Å². The van der Waals surface area contributed by atoms with Crippen molar-refractivity contribution in [2.24, 2.45) is 0 Å². The molecule has 0 fully saturated rings. The van der Waals surface area contributed by atoms with E-state index in [0.717, 1.165) is 12.1 Å². The fourth-order valence-corrected chi connectivity index (χ4v) is 2.65. The quantitative estimate of drug-likeness (QED) is 0.551. The lowest BCUT2D eigenvalue weighted by atomic mass is 10.2. The zero-order valence-corrected chi connectivity index (χ0v) is 15.8. The minimum Gasteiger partial charge on any atom is -0.448 e. The van der Waals surface area contributed by atoms with E-state index < -0.39 is 23.3 Å². The molecule has 0 bridgehead atoms. The van der Waals surface area contributed by atoms with Gasteiger partial charge in [-0.3, -0.25) is 9.36 Å². The fourth-order valence-electron chi connectivity index (χ4n) is 2.65. The second-order valence-corrected chi connectivity index (χ2v) is 6.65. The Bertz CT molecular complexity index is 1090. The summed E-state index contributed by atoms with van der Waals surface area (Å²) in [6.07, 6.45) is 0.553. The van der Waals surface area contributed by atoms with Crippen LogP contribution in [0.5, 0.6) is 11.5 Å². The van der Waals surface area contributed by atoms with Crippen molar-refractivity contribution in [2.45, 2.75) is 32.5 Å². The number of anilines is 1. The number of nitrogens with one attached hydrogen (secondary N) is 1. The van der Waals surface area contributed by atoms with Crippen LogP contribution in [-0.2, 0) is 6.54 Å². The molecule has 3 N–H and O–H groups in total. The second-order valence-electron chi connectivity index (χ2n) is 6.65. The van der Waals surface area contributed by atoms with Crippen molar-refractivity contribution in [1.82, 2.24) is 14.5 Å². The van der Waals surface area contributed by atoms with Crippen LogP contribution in [-0.4, -0.2) is 43.5 Å². The van der Waals surface area contributed by atoms with E-state index in [-0.39, 0.29) is 42.3 Å². The van der Waals surface area contributed by atoms with Gasteiger partial charge < -0.3 is 20.3 Å². The van der Waals surface area contributed by atoms with Crippen molar-refractivity contribution in [1.29, 1.82) is 0 Å². The van der Waals surface area contributed by atoms with Gasteiger partial charge >= 0.3 is 0 Å². The first kappa shape index (κ1) is 20.6. The molecule has 3 rings (SSSR count). The van der Waals surface area contributed by atoms with E-state index >= 15 is 0 Å². The third-order valence-corrected chi connectivity index (χ3v) is 4.00. The Morgan fingerprint density at radius 1 is 1.24 bits per heavy atom. The number of fused-ring (bicyclic) bond motifs is 1. The van der Waals surface area contributed by atoms with Gasteiger partial charge in [0, 0.05) is 23.7 Å². The van der Waals surface area contributed by atoms with Crippen molar-refractivity contribution >= 4 is 17.0 Å². The number of aromatic nitrogens is 3. The van der Waals surface area contributed by atoms with E-state index in [2.05, 4.69) is 15.3 Å². The van der Waals surface area contributed by atoms with Crippen LogP contribution >= 0.6 is 0 Å². The molecule has 29 heavy (non-hydrogen) atoms. The summed E-state index contributed by atoms with van der Waals surface area (Å²) in [6, 6.07) is 3.77. The Kier molecular flexibility index (Phi) is 6.04. The van der Waals surface area contributed by atoms with Crippen LogP contribution in [0.4, 0.5) is 14.7 Å². The first-order valence-corrected chi connectivity index (χ1v) is 8.87. The number of nitrogens with zero attached hydrogens (tertiary/aromatic N) is 3. The largest absolute Gasteiger partial charge is 0.448 e. The lowest BCUT2D eigenvalue weighted by molar-refractivity contribution is 0.173. The highest BCUT2D eigenvalue weighted by atomic mass is 19.1. The summed E-state index contributed by atoms with van der Waals surface area (Å²) in [6.45, 7) is 2.99. The van der Waals surface area contributed by atoms with Gasteiger partial charge in [-0.15, -0.1) is 0 Å². The molecule has 2 aromatic heterocycles. The van der Waals surface area contributed by atoms with Gasteiger partial charge in [-0.05, 0) is 32.0 Å². The van der Waals surface area contributed by atoms with Gasteiger partial charge in [-0.1, -0.05) is 0 Å². The normalized spacial score (nSPS) is 13.3. The topological polar surface area (TPSA) is 110 Å². The number of hydrogen-bond acceptors (Lipinski definition) is 7. The van der Waals surface area contributed by atoms with E-state index in [1.807, 2.05) is 0 Å². The Balaban J connectivity index is 2.11. The van der Waals surface area contributed by atoms with E-state index in [0.29, 0.717) is 11.5 Å². The number of halogens is 2. The van der Waals surface area contributed by atoms with E-state index in [1.165, 1.54) is 23.8 Å². The predicted octanol–water partition coefficient (Wildman–Crippen LogP) is 2.04. The summed E-state index contributed by atoms with van der Waals surface area (Å²) in [5, 5.41) is 22.3. The van der Waals surface area contributed by atoms with Crippen LogP contribution in [0, 0.1) is 11.6 Å². The van der Waals surface area contributed by atoms with Crippen molar-refractivity contribution in [2.75, 3.05) is 11.9 Å². The predicted molar refractivity (Wildman–Crippen MR) is 102 cm³/mol. The monoisotopic (exact) mass is 406 g/mol. The molecular formula is C19H20F2N4O4. The molecule has 0 saturated carbocycles. The summed E-state index contributed by atoms with van der Waals surface area (Å²) in [7, 11) is 0. The molecular weight excluding hydrogens is 386 g/mol. The average molecular weight is 406 g/mol. The molecule has 2 heterocycles. The summed E-state index contributed by atoms with van der Waals surface area (Å²) in [5.74, 6) is -2.08. The molecule has 2 atom stereocenters. The number of pyridine rings is 1. The average Bonchev–Trinajstić information content (AvgIpc) is 2.67. The standard InChI is InChI=1S/C19H20F2N4O4/c1-10(9-26)23-19-22-7-12-5-16(29-15-4-3-13(20)6-14(15)21)18(28)25(8-11(2)27)17(12)24-19/h3-7,10-11,26-27H,8-9H2,1-2H3,(H,22,23,24)/t10-,11+/m1/s1. The van der Waals surface area contributed by atoms with Crippen LogP contribution in [0.25, 0.3) is 11.0 Å². The molecule has 0 spiro atoms. The van der Waals surface area contributed by atoms with Gasteiger partial charge in [0.05, 0.1) is 19.3 Å². The molecule has 0 aliphatic heterocycles. The number of hydrogen-bond donors (Lipinski definition) is 3.